The second-order valence-corrected chi connectivity index (χ2v) is 8.99. The van der Waals surface area contributed by atoms with Gasteiger partial charge in [0.05, 0.1) is 24.6 Å². The first-order chi connectivity index (χ1) is 17.0. The fraction of sp³-hybridized carbons (Fsp3) is 0.138. The molecule has 0 spiro atoms. The molecule has 0 saturated carbocycles. The van der Waals surface area contributed by atoms with Crippen LogP contribution in [0.15, 0.2) is 91.3 Å². The molecule has 35 heavy (non-hydrogen) atoms. The molecule has 0 fully saturated rings. The van der Waals surface area contributed by atoms with Crippen molar-refractivity contribution in [2.24, 2.45) is 11.8 Å². The van der Waals surface area contributed by atoms with E-state index in [9.17, 15) is 19.2 Å². The highest BCUT2D eigenvalue weighted by atomic mass is 16.2. The van der Waals surface area contributed by atoms with Gasteiger partial charge in [-0.1, -0.05) is 78.9 Å². The van der Waals surface area contributed by atoms with E-state index in [0.717, 1.165) is 5.56 Å². The number of hydrogen-bond acceptors (Lipinski definition) is 5. The van der Waals surface area contributed by atoms with Crippen LogP contribution < -0.4 is 0 Å². The molecule has 0 saturated heterocycles. The third-order valence-corrected chi connectivity index (χ3v) is 6.99. The fourth-order valence-electron chi connectivity index (χ4n) is 5.37. The zero-order valence-corrected chi connectivity index (χ0v) is 18.6. The molecule has 170 valence electrons. The maximum absolute atomic E-state index is 13.5. The molecule has 0 amide bonds. The van der Waals surface area contributed by atoms with Gasteiger partial charge in [-0.2, -0.15) is 5.10 Å². The normalized spacial score (nSPS) is 15.8. The zero-order valence-electron chi connectivity index (χ0n) is 18.6. The molecule has 4 aromatic rings. The molecule has 2 aliphatic carbocycles. The Morgan fingerprint density at radius 3 is 1.51 bits per heavy atom. The Bertz CT molecular complexity index is 1370. The minimum Gasteiger partial charge on any atom is -0.293 e. The third kappa shape index (κ3) is 3.29. The summed E-state index contributed by atoms with van der Waals surface area (Å²) in [5, 5.41) is 4.45. The number of Topliss-reactive ketones (excluding diaryl/α,β-unsaturated/α-hetero) is 4. The highest BCUT2D eigenvalue weighted by molar-refractivity contribution is 6.30. The van der Waals surface area contributed by atoms with Gasteiger partial charge >= 0.3 is 0 Å². The molecule has 1 heterocycles. The summed E-state index contributed by atoms with van der Waals surface area (Å²) in [4.78, 5) is 54.0. The molecule has 0 radical (unpaired) electrons. The van der Waals surface area contributed by atoms with Crippen molar-refractivity contribution in [1.29, 1.82) is 0 Å². The largest absolute Gasteiger partial charge is 0.293 e. The van der Waals surface area contributed by atoms with E-state index in [1.165, 1.54) is 0 Å². The SMILES string of the molecule is O=C1c2ccccc2C(=O)C1C(c1cnn(Cc2ccccc2)c1)C1C(=O)c2ccccc2C1=O. The average Bonchev–Trinajstić information content (AvgIpc) is 3.52. The highest BCUT2D eigenvalue weighted by Crippen LogP contribution is 2.45. The van der Waals surface area contributed by atoms with Crippen molar-refractivity contribution in [2.45, 2.75) is 12.5 Å². The van der Waals surface area contributed by atoms with Crippen LogP contribution in [0.3, 0.4) is 0 Å². The number of fused-ring (bicyclic) bond motifs is 2. The molecule has 2 aliphatic rings. The number of hydrogen-bond donors (Lipinski definition) is 0. The van der Waals surface area contributed by atoms with Crippen molar-refractivity contribution < 1.29 is 19.2 Å². The molecule has 6 heteroatoms. The van der Waals surface area contributed by atoms with Crippen molar-refractivity contribution in [3.05, 3.63) is 125 Å². The van der Waals surface area contributed by atoms with Crippen LogP contribution in [0, 0.1) is 11.8 Å². The van der Waals surface area contributed by atoms with Crippen LogP contribution in [0.1, 0.15) is 58.5 Å². The number of nitrogens with zero attached hydrogens (tertiary/aromatic N) is 2. The quantitative estimate of drug-likeness (QED) is 0.412. The number of aromatic nitrogens is 2. The molecule has 3 aromatic carbocycles. The Kier molecular flexibility index (Phi) is 4.88. The number of rotatable bonds is 5. The Morgan fingerprint density at radius 2 is 1.06 bits per heavy atom. The van der Waals surface area contributed by atoms with Crippen molar-refractivity contribution in [1.82, 2.24) is 9.78 Å². The van der Waals surface area contributed by atoms with Gasteiger partial charge in [-0.05, 0) is 11.1 Å². The first-order valence-corrected chi connectivity index (χ1v) is 11.5. The van der Waals surface area contributed by atoms with Gasteiger partial charge in [0, 0.05) is 34.4 Å². The van der Waals surface area contributed by atoms with Gasteiger partial charge in [0.15, 0.2) is 23.1 Å². The molecule has 0 N–H and O–H groups in total. The van der Waals surface area contributed by atoms with E-state index in [1.54, 1.807) is 65.6 Å². The molecule has 1 aromatic heterocycles. The standard InChI is InChI=1S/C29H20N2O4/c32-26-19-10-4-5-11-20(19)27(33)24(26)23(25-28(34)21-12-6-7-13-22(21)29(25)35)18-14-30-31(16-18)15-17-8-2-1-3-9-17/h1-14,16,23-25H,15H2. The maximum atomic E-state index is 13.5. The third-order valence-electron chi connectivity index (χ3n) is 6.99. The predicted molar refractivity (Wildman–Crippen MR) is 128 cm³/mol. The fourth-order valence-corrected chi connectivity index (χ4v) is 5.37. The van der Waals surface area contributed by atoms with E-state index in [2.05, 4.69) is 5.10 Å². The van der Waals surface area contributed by atoms with Crippen molar-refractivity contribution in [3.63, 3.8) is 0 Å². The number of ketones is 4. The first kappa shape index (κ1) is 21.1. The van der Waals surface area contributed by atoms with E-state index < -0.39 is 17.8 Å². The van der Waals surface area contributed by atoms with Gasteiger partial charge in [-0.25, -0.2) is 0 Å². The number of carbonyl (C=O) groups excluding carboxylic acids is 4. The number of benzene rings is 3. The van der Waals surface area contributed by atoms with Crippen LogP contribution in [-0.4, -0.2) is 32.9 Å². The lowest BCUT2D eigenvalue weighted by atomic mass is 9.73. The van der Waals surface area contributed by atoms with Gasteiger partial charge in [-0.3, -0.25) is 23.9 Å². The van der Waals surface area contributed by atoms with Crippen molar-refractivity contribution >= 4 is 23.1 Å². The molecule has 6 nitrogen and oxygen atoms in total. The summed E-state index contributed by atoms with van der Waals surface area (Å²) in [7, 11) is 0. The Balaban J connectivity index is 1.45. The van der Waals surface area contributed by atoms with E-state index in [4.69, 9.17) is 0 Å². The zero-order chi connectivity index (χ0) is 24.1. The summed E-state index contributed by atoms with van der Waals surface area (Å²) in [6.45, 7) is 0.479. The summed E-state index contributed by atoms with van der Waals surface area (Å²) in [5.41, 5.74) is 2.89. The molecule has 6 rings (SSSR count). The van der Waals surface area contributed by atoms with Crippen molar-refractivity contribution in [3.8, 4) is 0 Å². The smallest absolute Gasteiger partial charge is 0.175 e. The van der Waals surface area contributed by atoms with Gasteiger partial charge in [-0.15, -0.1) is 0 Å². The average molecular weight is 460 g/mol. The lowest BCUT2D eigenvalue weighted by molar-refractivity contribution is 0.0728. The molecule has 0 atom stereocenters. The van der Waals surface area contributed by atoms with E-state index in [1.807, 2.05) is 30.3 Å². The molecule has 0 bridgehead atoms. The summed E-state index contributed by atoms with van der Waals surface area (Å²) in [5.74, 6) is -4.70. The molecular formula is C29H20N2O4. The van der Waals surface area contributed by atoms with Crippen LogP contribution >= 0.6 is 0 Å². The first-order valence-electron chi connectivity index (χ1n) is 11.5. The maximum Gasteiger partial charge on any atom is 0.175 e. The van der Waals surface area contributed by atoms with Crippen LogP contribution in [-0.2, 0) is 6.54 Å². The lowest BCUT2D eigenvalue weighted by Gasteiger charge is -2.24. The van der Waals surface area contributed by atoms with Crippen LogP contribution in [0.5, 0.6) is 0 Å². The van der Waals surface area contributed by atoms with Gasteiger partial charge in [0.2, 0.25) is 0 Å². The number of carbonyl (C=O) groups is 4. The second-order valence-electron chi connectivity index (χ2n) is 8.99. The topological polar surface area (TPSA) is 86.1 Å². The minimum atomic E-state index is -1.16. The van der Waals surface area contributed by atoms with E-state index >= 15 is 0 Å². The van der Waals surface area contributed by atoms with Gasteiger partial charge in [0.1, 0.15) is 0 Å². The summed E-state index contributed by atoms with van der Waals surface area (Å²) < 4.78 is 1.70. The minimum absolute atomic E-state index is 0.333. The van der Waals surface area contributed by atoms with Crippen LogP contribution in [0.2, 0.25) is 0 Å². The van der Waals surface area contributed by atoms with Gasteiger partial charge < -0.3 is 0 Å². The lowest BCUT2D eigenvalue weighted by Crippen LogP contribution is -2.34. The Labute approximate surface area is 201 Å². The van der Waals surface area contributed by atoms with E-state index in [-0.39, 0.29) is 23.1 Å². The molecule has 0 aliphatic heterocycles. The molecule has 0 unspecified atom stereocenters. The van der Waals surface area contributed by atoms with Crippen LogP contribution in [0.25, 0.3) is 0 Å². The summed E-state index contributed by atoms with van der Waals surface area (Å²) >= 11 is 0. The van der Waals surface area contributed by atoms with Crippen LogP contribution in [0.4, 0.5) is 0 Å². The van der Waals surface area contributed by atoms with E-state index in [0.29, 0.717) is 34.4 Å². The van der Waals surface area contributed by atoms with Gasteiger partial charge in [0.25, 0.3) is 0 Å². The van der Waals surface area contributed by atoms with Crippen molar-refractivity contribution in [2.75, 3.05) is 0 Å². The monoisotopic (exact) mass is 460 g/mol. The summed E-state index contributed by atoms with van der Waals surface area (Å²) in [6.07, 6.45) is 3.31. The summed E-state index contributed by atoms with van der Waals surface area (Å²) in [6, 6.07) is 23.1. The highest BCUT2D eigenvalue weighted by Gasteiger charge is 2.53. The Hall–Kier alpha value is -4.45. The second kappa shape index (κ2) is 8.09. The predicted octanol–water partition coefficient (Wildman–Crippen LogP) is 4.41. The Morgan fingerprint density at radius 1 is 0.629 bits per heavy atom. The molecular weight excluding hydrogens is 440 g/mol.